The van der Waals surface area contributed by atoms with Crippen LogP contribution in [0.25, 0.3) is 0 Å². The molecule has 0 bridgehead atoms. The van der Waals surface area contributed by atoms with Gasteiger partial charge in [-0.05, 0) is 6.07 Å². The molecule has 1 heterocycles. The molecule has 0 unspecified atom stereocenters. The van der Waals surface area contributed by atoms with Crippen LogP contribution in [-0.4, -0.2) is 13.4 Å². The van der Waals surface area contributed by atoms with E-state index in [0.717, 1.165) is 12.3 Å². The maximum atomic E-state index is 13.4. The zero-order valence-electron chi connectivity index (χ0n) is 10.1. The van der Waals surface area contributed by atoms with Crippen molar-refractivity contribution in [3.05, 3.63) is 46.9 Å². The summed E-state index contributed by atoms with van der Waals surface area (Å²) >= 11 is 5.64. The zero-order valence-corrected chi connectivity index (χ0v) is 11.6. The Hall–Kier alpha value is -2.00. The smallest absolute Gasteiger partial charge is 0.263 e. The number of aromatic nitrogens is 1. The summed E-state index contributed by atoms with van der Waals surface area (Å²) in [5, 5.41) is -0.122. The third-order valence-corrected chi connectivity index (χ3v) is 4.04. The monoisotopic (exact) mass is 337 g/mol. The predicted molar refractivity (Wildman–Crippen MR) is 70.8 cm³/mol. The van der Waals surface area contributed by atoms with Crippen LogP contribution in [0.5, 0.6) is 0 Å². The number of hydrogen-bond acceptors (Lipinski definition) is 4. The number of nitrogens with two attached hydrogens (primary N) is 1. The highest BCUT2D eigenvalue weighted by atomic mass is 35.5. The topological polar surface area (TPSA) is 85.1 Å². The predicted octanol–water partition coefficient (Wildman–Crippen LogP) is 2.54. The minimum Gasteiger partial charge on any atom is -0.382 e. The number of benzene rings is 1. The van der Waals surface area contributed by atoms with Gasteiger partial charge < -0.3 is 5.73 Å². The number of halogens is 4. The van der Waals surface area contributed by atoms with Crippen molar-refractivity contribution in [3.63, 3.8) is 0 Å². The van der Waals surface area contributed by atoms with Gasteiger partial charge in [-0.2, -0.15) is 0 Å². The molecule has 0 spiro atoms. The first kappa shape index (κ1) is 15.4. The fourth-order valence-electron chi connectivity index (χ4n) is 1.38. The molecule has 10 heteroatoms. The Labute approximate surface area is 122 Å². The Morgan fingerprint density at radius 1 is 1.10 bits per heavy atom. The molecule has 0 saturated heterocycles. The fraction of sp³-hybridized carbons (Fsp3) is 0. The quantitative estimate of drug-likeness (QED) is 0.843. The van der Waals surface area contributed by atoms with Crippen molar-refractivity contribution >= 4 is 33.1 Å². The summed E-state index contributed by atoms with van der Waals surface area (Å²) in [4.78, 5) is 3.13. The first-order chi connectivity index (χ1) is 9.70. The summed E-state index contributed by atoms with van der Waals surface area (Å²) in [6, 6.07) is 1.60. The van der Waals surface area contributed by atoms with Crippen LogP contribution < -0.4 is 10.5 Å². The Bertz CT molecular complexity index is 815. The third-order valence-electron chi connectivity index (χ3n) is 2.41. The second-order valence-electron chi connectivity index (χ2n) is 3.89. The highest BCUT2D eigenvalue weighted by Gasteiger charge is 2.19. The van der Waals surface area contributed by atoms with Gasteiger partial charge in [0.25, 0.3) is 10.0 Å². The second kappa shape index (κ2) is 5.41. The molecule has 2 rings (SSSR count). The number of nitrogen functional groups attached to an aromatic ring is 1. The van der Waals surface area contributed by atoms with E-state index in [1.54, 1.807) is 4.72 Å². The zero-order chi connectivity index (χ0) is 15.8. The molecule has 0 radical (unpaired) electrons. The normalized spacial score (nSPS) is 11.4. The molecule has 0 saturated carbocycles. The Morgan fingerprint density at radius 2 is 1.71 bits per heavy atom. The average molecular weight is 338 g/mol. The molecule has 21 heavy (non-hydrogen) atoms. The lowest BCUT2D eigenvalue weighted by Gasteiger charge is -2.10. The summed E-state index contributed by atoms with van der Waals surface area (Å²) in [6.07, 6.45) is 0.890. The first-order valence-corrected chi connectivity index (χ1v) is 7.15. The molecule has 5 nitrogen and oxygen atoms in total. The third kappa shape index (κ3) is 3.19. The SMILES string of the molecule is Nc1ncc(S(=O)(=O)Nc2cc(F)c(F)cc2F)cc1Cl. The van der Waals surface area contributed by atoms with Gasteiger partial charge >= 0.3 is 0 Å². The minimum atomic E-state index is -4.29. The maximum absolute atomic E-state index is 13.4. The van der Waals surface area contributed by atoms with Crippen LogP contribution in [-0.2, 0) is 10.0 Å². The fourth-order valence-corrected chi connectivity index (χ4v) is 2.64. The van der Waals surface area contributed by atoms with Crippen molar-refractivity contribution in [1.82, 2.24) is 4.98 Å². The van der Waals surface area contributed by atoms with E-state index in [0.29, 0.717) is 6.07 Å². The first-order valence-electron chi connectivity index (χ1n) is 5.29. The van der Waals surface area contributed by atoms with E-state index in [1.165, 1.54) is 0 Å². The van der Waals surface area contributed by atoms with Crippen molar-refractivity contribution in [1.29, 1.82) is 0 Å². The van der Waals surface area contributed by atoms with E-state index in [9.17, 15) is 21.6 Å². The minimum absolute atomic E-state index is 0.0883. The Balaban J connectivity index is 2.42. The van der Waals surface area contributed by atoms with Crippen LogP contribution in [0.3, 0.4) is 0 Å². The number of pyridine rings is 1. The summed E-state index contributed by atoms with van der Waals surface area (Å²) in [5.41, 5.74) is 4.59. The Kier molecular flexibility index (Phi) is 3.97. The van der Waals surface area contributed by atoms with Gasteiger partial charge in [-0.1, -0.05) is 11.6 Å². The van der Waals surface area contributed by atoms with Gasteiger partial charge in [-0.3, -0.25) is 4.72 Å². The van der Waals surface area contributed by atoms with Gasteiger partial charge in [0.15, 0.2) is 11.6 Å². The van der Waals surface area contributed by atoms with Gasteiger partial charge in [-0.15, -0.1) is 0 Å². The van der Waals surface area contributed by atoms with E-state index >= 15 is 0 Å². The van der Waals surface area contributed by atoms with Crippen molar-refractivity contribution in [2.24, 2.45) is 0 Å². The molecular weight excluding hydrogens is 331 g/mol. The Morgan fingerprint density at radius 3 is 2.33 bits per heavy atom. The standard InChI is InChI=1S/C11H7ClF3N3O2S/c12-6-1-5(4-17-11(6)16)21(19,20)18-10-3-8(14)7(13)2-9(10)15/h1-4,18H,(H2,16,17). The summed E-state index contributed by atoms with van der Waals surface area (Å²) in [5.74, 6) is -4.20. The van der Waals surface area contributed by atoms with Crippen LogP contribution in [0.4, 0.5) is 24.7 Å². The molecule has 0 amide bonds. The van der Waals surface area contributed by atoms with E-state index in [2.05, 4.69) is 4.98 Å². The molecule has 0 aliphatic carbocycles. The van der Waals surface area contributed by atoms with Crippen LogP contribution in [0.1, 0.15) is 0 Å². The highest BCUT2D eigenvalue weighted by molar-refractivity contribution is 7.92. The number of sulfonamides is 1. The highest BCUT2D eigenvalue weighted by Crippen LogP contribution is 2.24. The molecule has 1 aromatic heterocycles. The lowest BCUT2D eigenvalue weighted by molar-refractivity contribution is 0.496. The molecule has 0 aliphatic rings. The molecule has 3 N–H and O–H groups in total. The van der Waals surface area contributed by atoms with Crippen molar-refractivity contribution < 1.29 is 21.6 Å². The van der Waals surface area contributed by atoms with E-state index in [-0.39, 0.29) is 16.9 Å². The number of hydrogen-bond donors (Lipinski definition) is 2. The van der Waals surface area contributed by atoms with Crippen LogP contribution in [0.15, 0.2) is 29.3 Å². The molecule has 0 atom stereocenters. The molecular formula is C11H7ClF3N3O2S. The van der Waals surface area contributed by atoms with Gasteiger partial charge in [0.05, 0.1) is 10.7 Å². The van der Waals surface area contributed by atoms with Crippen LogP contribution >= 0.6 is 11.6 Å². The number of nitrogens with zero attached hydrogens (tertiary/aromatic N) is 1. The summed E-state index contributed by atoms with van der Waals surface area (Å²) in [6.45, 7) is 0. The molecule has 0 aliphatic heterocycles. The van der Waals surface area contributed by atoms with Gasteiger partial charge in [-0.25, -0.2) is 26.6 Å². The van der Waals surface area contributed by atoms with Crippen molar-refractivity contribution in [2.45, 2.75) is 4.90 Å². The molecule has 0 fully saturated rings. The summed E-state index contributed by atoms with van der Waals surface area (Å²) < 4.78 is 65.0. The lowest BCUT2D eigenvalue weighted by atomic mass is 10.3. The number of anilines is 2. The van der Waals surface area contributed by atoms with Gasteiger partial charge in [0, 0.05) is 18.3 Å². The maximum Gasteiger partial charge on any atom is 0.263 e. The van der Waals surface area contributed by atoms with Gasteiger partial charge in [0.1, 0.15) is 16.5 Å². The van der Waals surface area contributed by atoms with E-state index in [1.807, 2.05) is 0 Å². The van der Waals surface area contributed by atoms with Gasteiger partial charge in [0.2, 0.25) is 0 Å². The largest absolute Gasteiger partial charge is 0.382 e. The number of nitrogens with one attached hydrogen (secondary N) is 1. The summed E-state index contributed by atoms with van der Waals surface area (Å²) in [7, 11) is -4.29. The van der Waals surface area contributed by atoms with Crippen molar-refractivity contribution in [3.8, 4) is 0 Å². The molecule has 112 valence electrons. The van der Waals surface area contributed by atoms with E-state index in [4.69, 9.17) is 17.3 Å². The van der Waals surface area contributed by atoms with Crippen LogP contribution in [0, 0.1) is 17.5 Å². The molecule has 2 aromatic rings. The lowest BCUT2D eigenvalue weighted by Crippen LogP contribution is -2.15. The molecule has 1 aromatic carbocycles. The average Bonchev–Trinajstić information content (AvgIpc) is 2.39. The second-order valence-corrected chi connectivity index (χ2v) is 5.98. The van der Waals surface area contributed by atoms with E-state index < -0.39 is 38.1 Å². The van der Waals surface area contributed by atoms with Crippen molar-refractivity contribution in [2.75, 3.05) is 10.5 Å². The van der Waals surface area contributed by atoms with Crippen LogP contribution in [0.2, 0.25) is 5.02 Å². The number of rotatable bonds is 3.